The minimum absolute atomic E-state index is 0.0238. The van der Waals surface area contributed by atoms with Crippen LogP contribution in [0.25, 0.3) is 0 Å². The molecule has 1 fully saturated rings. The van der Waals surface area contributed by atoms with Gasteiger partial charge in [0, 0.05) is 26.1 Å². The Morgan fingerprint density at radius 2 is 2.00 bits per heavy atom. The lowest BCUT2D eigenvalue weighted by Crippen LogP contribution is -2.38. The third-order valence-electron chi connectivity index (χ3n) is 5.05. The molecule has 1 amide bonds. The number of carbonyl (C=O) groups is 1. The zero-order valence-electron chi connectivity index (χ0n) is 15.1. The van der Waals surface area contributed by atoms with Crippen LogP contribution in [0.5, 0.6) is 5.75 Å². The quantitative estimate of drug-likeness (QED) is 0.743. The van der Waals surface area contributed by atoms with E-state index in [0.717, 1.165) is 24.5 Å². The van der Waals surface area contributed by atoms with Gasteiger partial charge in [0.15, 0.2) is 5.82 Å². The molecule has 1 aliphatic rings. The van der Waals surface area contributed by atoms with Crippen molar-refractivity contribution >= 4 is 5.91 Å². The Bertz CT molecular complexity index is 927. The third-order valence-corrected chi connectivity index (χ3v) is 5.05. The first-order chi connectivity index (χ1) is 13.1. The number of rotatable bonds is 4. The molecule has 3 aromatic rings. The fourth-order valence-electron chi connectivity index (χ4n) is 3.49. The second-order valence-corrected chi connectivity index (χ2v) is 6.71. The smallest absolute Gasteiger partial charge is 0.257 e. The lowest BCUT2D eigenvalue weighted by atomic mass is 9.95. The van der Waals surface area contributed by atoms with Gasteiger partial charge in [-0.3, -0.25) is 4.79 Å². The van der Waals surface area contributed by atoms with Crippen LogP contribution in [0.4, 0.5) is 0 Å². The maximum atomic E-state index is 12.6. The van der Waals surface area contributed by atoms with E-state index in [9.17, 15) is 9.90 Å². The summed E-state index contributed by atoms with van der Waals surface area (Å²) in [5.74, 6) is 1.90. The molecule has 0 spiro atoms. The molecule has 1 N–H and O–H groups in total. The average molecular weight is 367 g/mol. The van der Waals surface area contributed by atoms with Crippen LogP contribution in [0, 0.1) is 0 Å². The predicted molar refractivity (Wildman–Crippen MR) is 96.1 cm³/mol. The molecule has 1 aliphatic heterocycles. The Kier molecular flexibility index (Phi) is 4.57. The summed E-state index contributed by atoms with van der Waals surface area (Å²) in [6, 6.07) is 6.66. The number of aromatic nitrogens is 6. The number of carbonyl (C=O) groups excluding carboxylic acids is 1. The second-order valence-electron chi connectivity index (χ2n) is 6.71. The maximum absolute atomic E-state index is 12.6. The summed E-state index contributed by atoms with van der Waals surface area (Å²) in [7, 11) is 1.96. The summed E-state index contributed by atoms with van der Waals surface area (Å²) in [6.07, 6.45) is 4.77. The van der Waals surface area contributed by atoms with Gasteiger partial charge in [-0.15, -0.1) is 10.2 Å². The lowest BCUT2D eigenvalue weighted by Gasteiger charge is -2.31. The summed E-state index contributed by atoms with van der Waals surface area (Å²) < 4.78 is 3.72. The molecule has 9 nitrogen and oxygen atoms in total. The molecule has 0 unspecified atom stereocenters. The number of benzene rings is 1. The number of hydrogen-bond acceptors (Lipinski definition) is 6. The molecule has 0 saturated carbocycles. The highest BCUT2D eigenvalue weighted by molar-refractivity contribution is 5.96. The van der Waals surface area contributed by atoms with Crippen LogP contribution >= 0.6 is 0 Å². The van der Waals surface area contributed by atoms with Crippen molar-refractivity contribution in [1.29, 1.82) is 0 Å². The molecule has 9 heteroatoms. The Labute approximate surface area is 156 Å². The summed E-state index contributed by atoms with van der Waals surface area (Å²) in [5, 5.41) is 22.7. The predicted octanol–water partition coefficient (Wildman–Crippen LogP) is 1.18. The number of phenolic OH excluding ortho intramolecular Hbond substituents is 1. The van der Waals surface area contributed by atoms with Crippen molar-refractivity contribution in [2.24, 2.45) is 7.05 Å². The van der Waals surface area contributed by atoms with Gasteiger partial charge in [0.25, 0.3) is 5.91 Å². The Morgan fingerprint density at radius 1 is 1.22 bits per heavy atom. The van der Waals surface area contributed by atoms with Gasteiger partial charge in [-0.25, -0.2) is 9.67 Å². The Morgan fingerprint density at radius 3 is 2.70 bits per heavy atom. The first-order valence-electron chi connectivity index (χ1n) is 8.91. The van der Waals surface area contributed by atoms with Crippen LogP contribution in [0.15, 0.2) is 36.9 Å². The molecule has 1 aromatic carbocycles. The van der Waals surface area contributed by atoms with Gasteiger partial charge in [-0.2, -0.15) is 5.10 Å². The largest absolute Gasteiger partial charge is 0.507 e. The van der Waals surface area contributed by atoms with Crippen LogP contribution in [-0.2, 0) is 13.6 Å². The average Bonchev–Trinajstić information content (AvgIpc) is 3.33. The molecule has 1 saturated heterocycles. The zero-order chi connectivity index (χ0) is 18.8. The number of phenols is 1. The highest BCUT2D eigenvalue weighted by Crippen LogP contribution is 2.28. The zero-order valence-corrected chi connectivity index (χ0v) is 15.1. The molecule has 0 bridgehead atoms. The standard InChI is InChI=1S/C18H21N7O2/c1-23-16(10-25-12-19-11-20-25)21-22-17(23)13-6-8-24(9-7-13)18(27)14-4-2-3-5-15(14)26/h2-5,11-13,26H,6-10H2,1H3. The molecular weight excluding hydrogens is 346 g/mol. The van der Waals surface area contributed by atoms with E-state index in [-0.39, 0.29) is 17.6 Å². The lowest BCUT2D eigenvalue weighted by molar-refractivity contribution is 0.0707. The molecule has 27 heavy (non-hydrogen) atoms. The van der Waals surface area contributed by atoms with Crippen molar-refractivity contribution in [2.45, 2.75) is 25.3 Å². The van der Waals surface area contributed by atoms with E-state index in [1.165, 1.54) is 12.4 Å². The van der Waals surface area contributed by atoms with Gasteiger partial charge in [0.05, 0.1) is 5.56 Å². The first kappa shape index (κ1) is 17.2. The number of aromatic hydroxyl groups is 1. The summed E-state index contributed by atoms with van der Waals surface area (Å²) in [4.78, 5) is 18.4. The van der Waals surface area contributed by atoms with Crippen molar-refractivity contribution in [1.82, 2.24) is 34.4 Å². The number of nitrogens with zero attached hydrogens (tertiary/aromatic N) is 7. The van der Waals surface area contributed by atoms with Crippen LogP contribution in [0.1, 0.15) is 40.8 Å². The van der Waals surface area contributed by atoms with E-state index >= 15 is 0 Å². The van der Waals surface area contributed by atoms with E-state index < -0.39 is 0 Å². The van der Waals surface area contributed by atoms with Gasteiger partial charge < -0.3 is 14.6 Å². The molecule has 4 rings (SSSR count). The van der Waals surface area contributed by atoms with Crippen molar-refractivity contribution in [2.75, 3.05) is 13.1 Å². The molecule has 2 aromatic heterocycles. The van der Waals surface area contributed by atoms with Crippen molar-refractivity contribution in [3.8, 4) is 5.75 Å². The van der Waals surface area contributed by atoms with E-state index in [2.05, 4.69) is 20.3 Å². The molecule has 0 radical (unpaired) electrons. The molecule has 140 valence electrons. The topological polar surface area (TPSA) is 102 Å². The highest BCUT2D eigenvalue weighted by Gasteiger charge is 2.28. The van der Waals surface area contributed by atoms with Crippen LogP contribution in [0.3, 0.4) is 0 Å². The number of piperidine rings is 1. The molecule has 0 atom stereocenters. The third kappa shape index (κ3) is 3.40. The minimum atomic E-state index is -0.128. The van der Waals surface area contributed by atoms with Crippen LogP contribution < -0.4 is 0 Å². The maximum Gasteiger partial charge on any atom is 0.257 e. The van der Waals surface area contributed by atoms with Gasteiger partial charge in [0.2, 0.25) is 0 Å². The molecular formula is C18H21N7O2. The summed E-state index contributed by atoms with van der Waals surface area (Å²) in [6.45, 7) is 1.78. The molecule has 0 aliphatic carbocycles. The van der Waals surface area contributed by atoms with Crippen molar-refractivity contribution in [3.05, 3.63) is 54.1 Å². The SMILES string of the molecule is Cn1c(Cn2cncn2)nnc1C1CCN(C(=O)c2ccccc2O)CC1. The Hall–Kier alpha value is -3.23. The monoisotopic (exact) mass is 367 g/mol. The minimum Gasteiger partial charge on any atom is -0.507 e. The van der Waals surface area contributed by atoms with Gasteiger partial charge in [-0.1, -0.05) is 12.1 Å². The van der Waals surface area contributed by atoms with Crippen LogP contribution in [0.2, 0.25) is 0 Å². The number of hydrogen-bond donors (Lipinski definition) is 1. The second kappa shape index (κ2) is 7.18. The summed E-state index contributed by atoms with van der Waals surface area (Å²) in [5.41, 5.74) is 0.352. The number of likely N-dealkylation sites (tertiary alicyclic amines) is 1. The first-order valence-corrected chi connectivity index (χ1v) is 8.91. The van der Waals surface area contributed by atoms with Gasteiger partial charge in [0.1, 0.15) is 30.8 Å². The Balaban J connectivity index is 1.42. The number of amides is 1. The van der Waals surface area contributed by atoms with Gasteiger partial charge in [-0.05, 0) is 25.0 Å². The van der Waals surface area contributed by atoms with E-state index in [0.29, 0.717) is 25.2 Å². The van der Waals surface area contributed by atoms with Gasteiger partial charge >= 0.3 is 0 Å². The fourth-order valence-corrected chi connectivity index (χ4v) is 3.49. The highest BCUT2D eigenvalue weighted by atomic mass is 16.3. The van der Waals surface area contributed by atoms with Crippen LogP contribution in [-0.4, -0.2) is 58.5 Å². The van der Waals surface area contributed by atoms with Crippen molar-refractivity contribution in [3.63, 3.8) is 0 Å². The van der Waals surface area contributed by atoms with E-state index in [1.54, 1.807) is 34.1 Å². The fraction of sp³-hybridized carbons (Fsp3) is 0.389. The van der Waals surface area contributed by atoms with Crippen molar-refractivity contribution < 1.29 is 9.90 Å². The van der Waals surface area contributed by atoms with E-state index in [4.69, 9.17) is 0 Å². The normalized spacial score (nSPS) is 15.2. The van der Waals surface area contributed by atoms with E-state index in [1.807, 2.05) is 11.6 Å². The number of para-hydroxylation sites is 1. The summed E-state index contributed by atoms with van der Waals surface area (Å²) >= 11 is 0. The molecule has 3 heterocycles.